The molecule has 122 valence electrons. The molecule has 5 nitrogen and oxygen atoms in total. The van der Waals surface area contributed by atoms with Crippen LogP contribution in [0.2, 0.25) is 0 Å². The number of benzene rings is 1. The number of amides is 1. The van der Waals surface area contributed by atoms with E-state index < -0.39 is 0 Å². The number of rotatable bonds is 3. The topological polar surface area (TPSA) is 64.8 Å². The summed E-state index contributed by atoms with van der Waals surface area (Å²) in [5, 5.41) is 0. The van der Waals surface area contributed by atoms with E-state index in [0.717, 1.165) is 42.9 Å². The molecule has 2 aliphatic rings. The van der Waals surface area contributed by atoms with Crippen LogP contribution in [0.1, 0.15) is 24.8 Å². The van der Waals surface area contributed by atoms with E-state index in [0.29, 0.717) is 26.2 Å². The van der Waals surface area contributed by atoms with Crippen LogP contribution in [-0.2, 0) is 11.2 Å². The van der Waals surface area contributed by atoms with Crippen molar-refractivity contribution in [1.82, 2.24) is 4.90 Å². The Morgan fingerprint density at radius 1 is 1.27 bits per heavy atom. The van der Waals surface area contributed by atoms with Gasteiger partial charge in [0.25, 0.3) is 0 Å². The number of carbonyl (C=O) groups excluding carboxylic acids is 1. The van der Waals surface area contributed by atoms with E-state index >= 15 is 0 Å². The SMILES string of the molecule is Cl.NC1CCN(C(=O)CCc2ccc3c(c2)OCCCO3)C1. The van der Waals surface area contributed by atoms with Gasteiger partial charge in [-0.2, -0.15) is 0 Å². The zero-order valence-electron chi connectivity index (χ0n) is 12.6. The van der Waals surface area contributed by atoms with Crippen LogP contribution in [0.25, 0.3) is 0 Å². The van der Waals surface area contributed by atoms with Crippen LogP contribution in [0, 0.1) is 0 Å². The predicted octanol–water partition coefficient (Wildman–Crippen LogP) is 1.76. The molecule has 0 bridgehead atoms. The van der Waals surface area contributed by atoms with E-state index in [2.05, 4.69) is 0 Å². The Kier molecular flexibility index (Phi) is 5.91. The van der Waals surface area contributed by atoms with Crippen molar-refractivity contribution in [2.45, 2.75) is 31.7 Å². The maximum absolute atomic E-state index is 12.1. The number of fused-ring (bicyclic) bond motifs is 1. The van der Waals surface area contributed by atoms with Gasteiger partial charge in [-0.15, -0.1) is 12.4 Å². The minimum atomic E-state index is 0. The molecule has 0 aliphatic carbocycles. The van der Waals surface area contributed by atoms with E-state index in [9.17, 15) is 4.79 Å². The fourth-order valence-corrected chi connectivity index (χ4v) is 2.79. The molecule has 2 aliphatic heterocycles. The number of carbonyl (C=O) groups is 1. The molecule has 0 aromatic heterocycles. The second-order valence-electron chi connectivity index (χ2n) is 5.72. The van der Waals surface area contributed by atoms with Crippen LogP contribution in [0.15, 0.2) is 18.2 Å². The summed E-state index contributed by atoms with van der Waals surface area (Å²) < 4.78 is 11.3. The summed E-state index contributed by atoms with van der Waals surface area (Å²) in [6.45, 7) is 2.86. The average molecular weight is 327 g/mol. The maximum atomic E-state index is 12.1. The monoisotopic (exact) mass is 326 g/mol. The van der Waals surface area contributed by atoms with Gasteiger partial charge in [0, 0.05) is 32.0 Å². The number of halogens is 1. The predicted molar refractivity (Wildman–Crippen MR) is 86.8 cm³/mol. The summed E-state index contributed by atoms with van der Waals surface area (Å²) in [6, 6.07) is 6.08. The molecule has 0 radical (unpaired) electrons. The molecule has 1 aromatic carbocycles. The molecule has 22 heavy (non-hydrogen) atoms. The molecule has 2 N–H and O–H groups in total. The summed E-state index contributed by atoms with van der Waals surface area (Å²) in [4.78, 5) is 14.0. The zero-order valence-corrected chi connectivity index (χ0v) is 13.4. The summed E-state index contributed by atoms with van der Waals surface area (Å²) in [5.74, 6) is 1.78. The minimum absolute atomic E-state index is 0. The molecule has 0 saturated carbocycles. The molecular weight excluding hydrogens is 304 g/mol. The van der Waals surface area contributed by atoms with E-state index in [1.807, 2.05) is 23.1 Å². The summed E-state index contributed by atoms with van der Waals surface area (Å²) >= 11 is 0. The third-order valence-corrected chi connectivity index (χ3v) is 4.02. The molecule has 1 aromatic rings. The van der Waals surface area contributed by atoms with Crippen LogP contribution < -0.4 is 15.2 Å². The van der Waals surface area contributed by atoms with Crippen LogP contribution in [0.3, 0.4) is 0 Å². The number of ether oxygens (including phenoxy) is 2. The Balaban J connectivity index is 0.00000176. The average Bonchev–Trinajstić information content (AvgIpc) is 2.79. The standard InChI is InChI=1S/C16H22N2O3.ClH/c17-13-6-7-18(11-13)16(19)5-3-12-2-4-14-15(10-12)21-9-1-8-20-14;/h2,4,10,13H,1,3,5-9,11,17H2;1H. The van der Waals surface area contributed by atoms with Crippen molar-refractivity contribution in [3.63, 3.8) is 0 Å². The lowest BCUT2D eigenvalue weighted by molar-refractivity contribution is -0.130. The fourth-order valence-electron chi connectivity index (χ4n) is 2.79. The molecule has 0 spiro atoms. The first kappa shape index (κ1) is 16.9. The number of likely N-dealkylation sites (tertiary alicyclic amines) is 1. The van der Waals surface area contributed by atoms with E-state index in [-0.39, 0.29) is 24.4 Å². The van der Waals surface area contributed by atoms with Gasteiger partial charge in [0.2, 0.25) is 5.91 Å². The number of aryl methyl sites for hydroxylation is 1. The van der Waals surface area contributed by atoms with Crippen molar-refractivity contribution in [2.24, 2.45) is 5.73 Å². The third kappa shape index (κ3) is 4.05. The number of nitrogens with two attached hydrogens (primary N) is 1. The minimum Gasteiger partial charge on any atom is -0.490 e. The van der Waals surface area contributed by atoms with Gasteiger partial charge in [0.15, 0.2) is 11.5 Å². The van der Waals surface area contributed by atoms with Crippen molar-refractivity contribution in [2.75, 3.05) is 26.3 Å². The highest BCUT2D eigenvalue weighted by molar-refractivity contribution is 5.85. The highest BCUT2D eigenvalue weighted by Crippen LogP contribution is 2.30. The number of hydrogen-bond acceptors (Lipinski definition) is 4. The molecule has 3 rings (SSSR count). The Bertz CT molecular complexity index is 524. The smallest absolute Gasteiger partial charge is 0.222 e. The van der Waals surface area contributed by atoms with Gasteiger partial charge in [0.1, 0.15) is 0 Å². The molecule has 1 fully saturated rings. The molecule has 2 heterocycles. The van der Waals surface area contributed by atoms with Crippen molar-refractivity contribution < 1.29 is 14.3 Å². The van der Waals surface area contributed by atoms with Crippen molar-refractivity contribution >= 4 is 18.3 Å². The summed E-state index contributed by atoms with van der Waals surface area (Å²) in [7, 11) is 0. The first-order valence-corrected chi connectivity index (χ1v) is 7.64. The summed E-state index contributed by atoms with van der Waals surface area (Å²) in [6.07, 6.45) is 3.06. The molecule has 1 atom stereocenters. The van der Waals surface area contributed by atoms with Crippen molar-refractivity contribution in [3.05, 3.63) is 23.8 Å². The van der Waals surface area contributed by atoms with Crippen LogP contribution in [0.5, 0.6) is 11.5 Å². The first-order chi connectivity index (χ1) is 10.2. The molecular formula is C16H23ClN2O3. The Labute approximate surface area is 137 Å². The van der Waals surface area contributed by atoms with Gasteiger partial charge in [-0.25, -0.2) is 0 Å². The number of nitrogens with zero attached hydrogens (tertiary/aromatic N) is 1. The Morgan fingerprint density at radius 3 is 2.77 bits per heavy atom. The van der Waals surface area contributed by atoms with Crippen LogP contribution >= 0.6 is 12.4 Å². The van der Waals surface area contributed by atoms with Crippen LogP contribution in [-0.4, -0.2) is 43.2 Å². The second kappa shape index (κ2) is 7.70. The van der Waals surface area contributed by atoms with Gasteiger partial charge in [-0.3, -0.25) is 4.79 Å². The molecule has 1 unspecified atom stereocenters. The molecule has 1 amide bonds. The van der Waals surface area contributed by atoms with Gasteiger partial charge < -0.3 is 20.1 Å². The number of hydrogen-bond donors (Lipinski definition) is 1. The van der Waals surface area contributed by atoms with Crippen molar-refractivity contribution in [1.29, 1.82) is 0 Å². The quantitative estimate of drug-likeness (QED) is 0.919. The lowest BCUT2D eigenvalue weighted by Gasteiger charge is -2.16. The highest BCUT2D eigenvalue weighted by Gasteiger charge is 2.23. The molecule has 1 saturated heterocycles. The Morgan fingerprint density at radius 2 is 2.05 bits per heavy atom. The third-order valence-electron chi connectivity index (χ3n) is 4.02. The van der Waals surface area contributed by atoms with Crippen molar-refractivity contribution in [3.8, 4) is 11.5 Å². The normalized spacial score (nSPS) is 20.2. The van der Waals surface area contributed by atoms with Gasteiger partial charge >= 0.3 is 0 Å². The first-order valence-electron chi connectivity index (χ1n) is 7.64. The fraction of sp³-hybridized carbons (Fsp3) is 0.562. The molecule has 6 heteroatoms. The van der Waals surface area contributed by atoms with Gasteiger partial charge in [-0.05, 0) is 30.5 Å². The Hall–Kier alpha value is -1.46. The summed E-state index contributed by atoms with van der Waals surface area (Å²) in [5.41, 5.74) is 6.94. The van der Waals surface area contributed by atoms with Gasteiger partial charge in [-0.1, -0.05) is 6.07 Å². The highest BCUT2D eigenvalue weighted by atomic mass is 35.5. The van der Waals surface area contributed by atoms with E-state index in [4.69, 9.17) is 15.2 Å². The zero-order chi connectivity index (χ0) is 14.7. The lowest BCUT2D eigenvalue weighted by atomic mass is 10.1. The van der Waals surface area contributed by atoms with E-state index in [1.165, 1.54) is 0 Å². The van der Waals surface area contributed by atoms with Crippen LogP contribution in [0.4, 0.5) is 0 Å². The second-order valence-corrected chi connectivity index (χ2v) is 5.72. The largest absolute Gasteiger partial charge is 0.490 e. The van der Waals surface area contributed by atoms with Gasteiger partial charge in [0.05, 0.1) is 13.2 Å². The maximum Gasteiger partial charge on any atom is 0.222 e. The van der Waals surface area contributed by atoms with E-state index in [1.54, 1.807) is 0 Å². The lowest BCUT2D eigenvalue weighted by Crippen LogP contribution is -2.31.